The van der Waals surface area contributed by atoms with Crippen molar-refractivity contribution in [2.24, 2.45) is 0 Å². The fourth-order valence-corrected chi connectivity index (χ4v) is 4.54. The summed E-state index contributed by atoms with van der Waals surface area (Å²) in [6, 6.07) is 19.9. The van der Waals surface area contributed by atoms with E-state index in [-0.39, 0.29) is 11.5 Å². The van der Waals surface area contributed by atoms with Crippen molar-refractivity contribution in [1.29, 1.82) is 5.26 Å². The Morgan fingerprint density at radius 2 is 1.77 bits per heavy atom. The Balaban J connectivity index is 1.17. The van der Waals surface area contributed by atoms with Crippen LogP contribution in [0, 0.1) is 11.3 Å². The fraction of sp³-hybridized carbons (Fsp3) is 0.222. The highest BCUT2D eigenvalue weighted by molar-refractivity contribution is 5.99. The molecule has 2 N–H and O–H groups in total. The van der Waals surface area contributed by atoms with Crippen LogP contribution in [0.25, 0.3) is 5.69 Å². The Bertz CT molecular complexity index is 1490. The highest BCUT2D eigenvalue weighted by Gasteiger charge is 2.36. The number of hydrogen-bond acceptors (Lipinski definition) is 6. The summed E-state index contributed by atoms with van der Waals surface area (Å²) in [5.74, 6) is 0.798. The van der Waals surface area contributed by atoms with Crippen molar-refractivity contribution in [3.63, 3.8) is 0 Å². The monoisotopic (exact) mass is 532 g/mol. The van der Waals surface area contributed by atoms with Crippen molar-refractivity contribution in [3.05, 3.63) is 90.3 Å². The highest BCUT2D eigenvalue weighted by Crippen LogP contribution is 2.36. The minimum absolute atomic E-state index is 0.0576. The first-order chi connectivity index (χ1) is 18.8. The molecule has 0 aliphatic carbocycles. The maximum absolute atomic E-state index is 13.0. The zero-order valence-corrected chi connectivity index (χ0v) is 20.6. The Morgan fingerprint density at radius 1 is 1.00 bits per heavy atom. The molecule has 0 saturated carbocycles. The second kappa shape index (κ2) is 10.4. The third-order valence-corrected chi connectivity index (χ3v) is 6.66. The third-order valence-electron chi connectivity index (χ3n) is 6.66. The van der Waals surface area contributed by atoms with E-state index in [1.54, 1.807) is 12.1 Å². The van der Waals surface area contributed by atoms with Crippen molar-refractivity contribution in [2.75, 3.05) is 28.6 Å². The molecule has 9 nitrogen and oxygen atoms in total. The van der Waals surface area contributed by atoms with E-state index in [0.717, 1.165) is 28.2 Å². The van der Waals surface area contributed by atoms with E-state index in [2.05, 4.69) is 36.9 Å². The minimum Gasteiger partial charge on any atom is -0.356 e. The van der Waals surface area contributed by atoms with Gasteiger partial charge in [-0.05, 0) is 48.7 Å². The molecule has 0 radical (unpaired) electrons. The maximum Gasteiger partial charge on any atom is 0.416 e. The molecule has 5 rings (SSSR count). The fourth-order valence-electron chi connectivity index (χ4n) is 4.54. The number of nitrogens with one attached hydrogen (secondary N) is 2. The molecule has 39 heavy (non-hydrogen) atoms. The largest absolute Gasteiger partial charge is 0.416 e. The number of piperidine rings is 1. The van der Waals surface area contributed by atoms with Crippen molar-refractivity contribution in [3.8, 4) is 11.8 Å². The first-order valence-electron chi connectivity index (χ1n) is 12.1. The lowest BCUT2D eigenvalue weighted by Gasteiger charge is -2.38. The van der Waals surface area contributed by atoms with Crippen LogP contribution < -0.4 is 15.5 Å². The van der Waals surface area contributed by atoms with E-state index in [0.29, 0.717) is 31.6 Å². The zero-order chi connectivity index (χ0) is 27.5. The summed E-state index contributed by atoms with van der Waals surface area (Å²) in [5.41, 5.74) is 0.290. The van der Waals surface area contributed by atoms with Crippen molar-refractivity contribution < 1.29 is 18.0 Å². The number of amides is 2. The number of pyridine rings is 1. The summed E-state index contributed by atoms with van der Waals surface area (Å²) in [7, 11) is 0. The number of carbonyl (C=O) groups is 1. The Hall–Kier alpha value is -4.92. The molecule has 0 atom stereocenters. The second-order valence-corrected chi connectivity index (χ2v) is 9.13. The van der Waals surface area contributed by atoms with Gasteiger partial charge in [0.25, 0.3) is 0 Å². The summed E-state index contributed by atoms with van der Waals surface area (Å²) < 4.78 is 40.1. The molecule has 12 heteroatoms. The number of urea groups is 1. The van der Waals surface area contributed by atoms with Crippen molar-refractivity contribution in [2.45, 2.75) is 24.4 Å². The number of anilines is 3. The quantitative estimate of drug-likeness (QED) is 0.357. The molecule has 2 aromatic heterocycles. The molecule has 2 aromatic carbocycles. The molecule has 3 heterocycles. The second-order valence-electron chi connectivity index (χ2n) is 9.13. The van der Waals surface area contributed by atoms with Crippen molar-refractivity contribution in [1.82, 2.24) is 20.0 Å². The van der Waals surface area contributed by atoms with Gasteiger partial charge in [0.1, 0.15) is 5.82 Å². The van der Waals surface area contributed by atoms with Gasteiger partial charge in [-0.3, -0.25) is 5.32 Å². The van der Waals surface area contributed by atoms with E-state index in [1.165, 1.54) is 24.5 Å². The van der Waals surface area contributed by atoms with Gasteiger partial charge in [-0.1, -0.05) is 41.6 Å². The number of rotatable bonds is 5. The first kappa shape index (κ1) is 25.7. The van der Waals surface area contributed by atoms with Gasteiger partial charge in [-0.25, -0.2) is 14.5 Å². The van der Waals surface area contributed by atoms with E-state index >= 15 is 0 Å². The van der Waals surface area contributed by atoms with E-state index in [4.69, 9.17) is 0 Å². The smallest absolute Gasteiger partial charge is 0.356 e. The van der Waals surface area contributed by atoms with Crippen molar-refractivity contribution >= 4 is 23.4 Å². The predicted octanol–water partition coefficient (Wildman–Crippen LogP) is 5.39. The average molecular weight is 533 g/mol. The van der Waals surface area contributed by atoms with Crippen LogP contribution >= 0.6 is 0 Å². The van der Waals surface area contributed by atoms with Crippen LogP contribution in [0.1, 0.15) is 24.0 Å². The molecular formula is C27H23F3N8O. The highest BCUT2D eigenvalue weighted by atomic mass is 19.4. The SMILES string of the molecule is N#CC1(c2ccccc2)CCN(c2ccc(NC(=O)Nc3cn(-c4cccc(C(F)(F)F)c4)nn3)cn2)CC1. The number of aromatic nitrogens is 4. The van der Waals surface area contributed by atoms with Gasteiger partial charge in [0.15, 0.2) is 5.82 Å². The summed E-state index contributed by atoms with van der Waals surface area (Å²) >= 11 is 0. The summed E-state index contributed by atoms with van der Waals surface area (Å²) in [4.78, 5) is 19.0. The lowest BCUT2D eigenvalue weighted by molar-refractivity contribution is -0.137. The lowest BCUT2D eigenvalue weighted by Crippen LogP contribution is -2.42. The molecule has 1 aliphatic rings. The number of hydrogen-bond donors (Lipinski definition) is 2. The average Bonchev–Trinajstić information content (AvgIpc) is 3.42. The topological polar surface area (TPSA) is 112 Å². The summed E-state index contributed by atoms with van der Waals surface area (Å²) in [5, 5.41) is 22.6. The Morgan fingerprint density at radius 3 is 2.44 bits per heavy atom. The molecule has 198 valence electrons. The molecule has 0 spiro atoms. The number of halogens is 3. The molecular weight excluding hydrogens is 509 g/mol. The van der Waals surface area contributed by atoms with Gasteiger partial charge >= 0.3 is 12.2 Å². The normalized spacial score (nSPS) is 14.9. The van der Waals surface area contributed by atoms with Crippen LogP contribution in [0.15, 0.2) is 79.1 Å². The molecule has 0 unspecified atom stereocenters. The predicted molar refractivity (Wildman–Crippen MR) is 138 cm³/mol. The van der Waals surface area contributed by atoms with Crippen LogP contribution in [-0.4, -0.2) is 39.1 Å². The molecule has 1 aliphatic heterocycles. The van der Waals surface area contributed by atoms with Gasteiger partial charge in [-0.15, -0.1) is 5.10 Å². The molecule has 1 fully saturated rings. The van der Waals surface area contributed by atoms with Gasteiger partial charge in [0, 0.05) is 13.1 Å². The van der Waals surface area contributed by atoms with E-state index in [9.17, 15) is 23.2 Å². The number of benzene rings is 2. The molecule has 1 saturated heterocycles. The van der Waals surface area contributed by atoms with Gasteiger partial charge in [0.2, 0.25) is 0 Å². The van der Waals surface area contributed by atoms with Gasteiger partial charge in [0.05, 0.1) is 40.8 Å². The van der Waals surface area contributed by atoms with E-state index in [1.807, 2.05) is 30.3 Å². The number of nitriles is 1. The van der Waals surface area contributed by atoms with Crippen LogP contribution in [0.5, 0.6) is 0 Å². The van der Waals surface area contributed by atoms with Gasteiger partial charge in [-0.2, -0.15) is 18.4 Å². The summed E-state index contributed by atoms with van der Waals surface area (Å²) in [6.45, 7) is 1.34. The standard InChI is InChI=1S/C27H23F3N8O/c28-27(29,30)20-7-4-8-22(15-20)38-17-23(35-36-38)34-25(39)33-21-9-10-24(32-16-21)37-13-11-26(18-31,12-14-37)19-5-2-1-3-6-19/h1-10,15-17H,11-14H2,(H2,33,34,39). The maximum atomic E-state index is 13.0. The Kier molecular flexibility index (Phi) is 6.89. The molecule has 0 bridgehead atoms. The van der Waals surface area contributed by atoms with Crippen LogP contribution in [0.3, 0.4) is 0 Å². The molecule has 4 aromatic rings. The number of alkyl halides is 3. The third kappa shape index (κ3) is 5.67. The number of nitrogens with zero attached hydrogens (tertiary/aromatic N) is 6. The molecule has 2 amide bonds. The zero-order valence-electron chi connectivity index (χ0n) is 20.6. The van der Waals surface area contributed by atoms with Crippen LogP contribution in [0.4, 0.5) is 35.3 Å². The first-order valence-corrected chi connectivity index (χ1v) is 12.1. The lowest BCUT2D eigenvalue weighted by atomic mass is 9.74. The van der Waals surface area contributed by atoms with Gasteiger partial charge < -0.3 is 10.2 Å². The van der Waals surface area contributed by atoms with Crippen LogP contribution in [0.2, 0.25) is 0 Å². The Labute approximate surface area is 221 Å². The van der Waals surface area contributed by atoms with E-state index < -0.39 is 23.2 Å². The minimum atomic E-state index is -4.49. The number of carbonyl (C=O) groups excluding carboxylic acids is 1. The van der Waals surface area contributed by atoms with Crippen LogP contribution in [-0.2, 0) is 11.6 Å². The summed E-state index contributed by atoms with van der Waals surface area (Å²) in [6.07, 6.45) is -0.294.